The summed E-state index contributed by atoms with van der Waals surface area (Å²) in [6.07, 6.45) is 0.903. The highest BCUT2D eigenvalue weighted by Gasteiger charge is 2.44. The first kappa shape index (κ1) is 23.2. The number of carbonyl (C=O) groups is 2. The van der Waals surface area contributed by atoms with Crippen LogP contribution in [0.1, 0.15) is 51.3 Å². The molecule has 8 nitrogen and oxygen atoms in total. The predicted molar refractivity (Wildman–Crippen MR) is 115 cm³/mol. The molecule has 2 unspecified atom stereocenters. The van der Waals surface area contributed by atoms with Gasteiger partial charge in [0.1, 0.15) is 5.60 Å². The fourth-order valence-corrected chi connectivity index (χ4v) is 4.47. The number of esters is 1. The molecule has 1 N–H and O–H groups in total. The fraction of sp³-hybridized carbons (Fsp3) is 0.652. The van der Waals surface area contributed by atoms with E-state index in [1.165, 1.54) is 5.56 Å². The Morgan fingerprint density at radius 2 is 1.84 bits per heavy atom. The van der Waals surface area contributed by atoms with Gasteiger partial charge in [0.2, 0.25) is 0 Å². The Labute approximate surface area is 184 Å². The monoisotopic (exact) mass is 434 g/mol. The molecule has 172 valence electrons. The zero-order valence-electron chi connectivity index (χ0n) is 19.3. The van der Waals surface area contributed by atoms with Gasteiger partial charge in [0, 0.05) is 25.2 Å². The molecule has 1 amide bonds. The Balaban J connectivity index is 1.89. The second-order valence-corrected chi connectivity index (χ2v) is 9.01. The van der Waals surface area contributed by atoms with Gasteiger partial charge in [0.25, 0.3) is 0 Å². The minimum Gasteiger partial charge on any atom is -0.493 e. The first-order valence-corrected chi connectivity index (χ1v) is 10.8. The van der Waals surface area contributed by atoms with Crippen LogP contribution in [0.5, 0.6) is 11.5 Å². The molecule has 8 heteroatoms. The lowest BCUT2D eigenvalue weighted by Gasteiger charge is -2.46. The average Bonchev–Trinajstić information content (AvgIpc) is 2.70. The van der Waals surface area contributed by atoms with E-state index in [1.54, 1.807) is 21.1 Å². The number of carbonyl (C=O) groups excluding carboxylic acids is 2. The number of hydrogen-bond acceptors (Lipinski definition) is 7. The molecule has 0 aromatic heterocycles. The summed E-state index contributed by atoms with van der Waals surface area (Å²) in [5.74, 6) is 0.635. The van der Waals surface area contributed by atoms with E-state index >= 15 is 0 Å². The molecule has 2 aliphatic rings. The second kappa shape index (κ2) is 9.34. The number of rotatable bonds is 5. The van der Waals surface area contributed by atoms with E-state index in [0.29, 0.717) is 31.1 Å². The maximum atomic E-state index is 12.7. The van der Waals surface area contributed by atoms with Crippen molar-refractivity contribution < 1.29 is 28.5 Å². The van der Waals surface area contributed by atoms with Crippen LogP contribution in [-0.2, 0) is 20.7 Å². The first-order valence-electron chi connectivity index (χ1n) is 10.8. The van der Waals surface area contributed by atoms with Crippen molar-refractivity contribution in [2.75, 3.05) is 33.9 Å². The Kier molecular flexibility index (Phi) is 6.99. The number of alkyl carbamates (subject to hydrolysis) is 1. The molecule has 3 rings (SSSR count). The summed E-state index contributed by atoms with van der Waals surface area (Å²) >= 11 is 0. The number of piperidine rings is 1. The van der Waals surface area contributed by atoms with Crippen LogP contribution in [0, 0.1) is 5.92 Å². The van der Waals surface area contributed by atoms with Crippen molar-refractivity contribution >= 4 is 12.1 Å². The summed E-state index contributed by atoms with van der Waals surface area (Å²) < 4.78 is 21.7. The summed E-state index contributed by atoms with van der Waals surface area (Å²) in [5.41, 5.74) is 1.72. The molecule has 0 aliphatic carbocycles. The van der Waals surface area contributed by atoms with E-state index < -0.39 is 23.7 Å². The number of nitrogens with one attached hydrogen (secondary N) is 1. The third kappa shape index (κ3) is 5.23. The average molecular weight is 435 g/mol. The molecule has 3 atom stereocenters. The molecule has 0 saturated carbocycles. The topological polar surface area (TPSA) is 86.3 Å². The minimum atomic E-state index is -0.619. The standard InChI is InChI=1S/C23H34N2O6/c1-7-30-21(26)16-13-25-9-8-14-10-19(28-5)20(29-6)11-15(14)18(25)12-17(16)24-22(27)31-23(2,3)4/h10-11,16-18H,7-9,12-13H2,1-6H3,(H,24,27)/t16?,17?,18-/m0/s1. The molecular formula is C23H34N2O6. The van der Waals surface area contributed by atoms with E-state index in [2.05, 4.69) is 10.2 Å². The second-order valence-electron chi connectivity index (χ2n) is 9.01. The molecule has 1 aromatic carbocycles. The van der Waals surface area contributed by atoms with Gasteiger partial charge in [-0.2, -0.15) is 0 Å². The van der Waals surface area contributed by atoms with Crippen LogP contribution in [0.2, 0.25) is 0 Å². The molecule has 1 saturated heterocycles. The van der Waals surface area contributed by atoms with Gasteiger partial charge in [-0.3, -0.25) is 9.69 Å². The number of hydrogen-bond donors (Lipinski definition) is 1. The number of methoxy groups -OCH3 is 2. The van der Waals surface area contributed by atoms with Gasteiger partial charge in [-0.25, -0.2) is 4.79 Å². The van der Waals surface area contributed by atoms with Crippen molar-refractivity contribution in [3.8, 4) is 11.5 Å². The van der Waals surface area contributed by atoms with Crippen molar-refractivity contribution in [3.05, 3.63) is 23.3 Å². The van der Waals surface area contributed by atoms with Crippen LogP contribution in [0.15, 0.2) is 12.1 Å². The molecular weight excluding hydrogens is 400 g/mol. The summed E-state index contributed by atoms with van der Waals surface area (Å²) in [6.45, 7) is 8.87. The van der Waals surface area contributed by atoms with Gasteiger partial charge < -0.3 is 24.3 Å². The molecule has 0 radical (unpaired) electrons. The van der Waals surface area contributed by atoms with Crippen LogP contribution in [-0.4, -0.2) is 62.5 Å². The summed E-state index contributed by atoms with van der Waals surface area (Å²) in [7, 11) is 3.25. The zero-order chi connectivity index (χ0) is 22.8. The van der Waals surface area contributed by atoms with Crippen molar-refractivity contribution in [2.24, 2.45) is 5.92 Å². The third-order valence-corrected chi connectivity index (χ3v) is 5.80. The van der Waals surface area contributed by atoms with Gasteiger partial charge in [0.15, 0.2) is 11.5 Å². The smallest absolute Gasteiger partial charge is 0.407 e. The number of fused-ring (bicyclic) bond motifs is 3. The van der Waals surface area contributed by atoms with Crippen LogP contribution < -0.4 is 14.8 Å². The predicted octanol–water partition coefficient (Wildman–Crippen LogP) is 3.08. The number of ether oxygens (including phenoxy) is 4. The van der Waals surface area contributed by atoms with E-state index in [1.807, 2.05) is 32.9 Å². The van der Waals surface area contributed by atoms with Crippen molar-refractivity contribution in [2.45, 2.75) is 58.2 Å². The lowest BCUT2D eigenvalue weighted by molar-refractivity contribution is -0.152. The SMILES string of the molecule is CCOC(=O)C1CN2CCc3cc(OC)c(OC)cc3[C@@H]2CC1NC(=O)OC(C)(C)C. The van der Waals surface area contributed by atoms with Crippen LogP contribution in [0.25, 0.3) is 0 Å². The highest BCUT2D eigenvalue weighted by Crippen LogP contribution is 2.43. The Morgan fingerprint density at radius 3 is 2.45 bits per heavy atom. The van der Waals surface area contributed by atoms with Crippen molar-refractivity contribution in [1.29, 1.82) is 0 Å². The van der Waals surface area contributed by atoms with Crippen LogP contribution in [0.3, 0.4) is 0 Å². The number of amides is 1. The minimum absolute atomic E-state index is 0.0502. The third-order valence-electron chi connectivity index (χ3n) is 5.80. The first-order chi connectivity index (χ1) is 14.7. The maximum Gasteiger partial charge on any atom is 0.407 e. The lowest BCUT2D eigenvalue weighted by atomic mass is 9.80. The van der Waals surface area contributed by atoms with E-state index in [9.17, 15) is 9.59 Å². The summed E-state index contributed by atoms with van der Waals surface area (Å²) in [6, 6.07) is 3.70. The normalized spacial score (nSPS) is 23.2. The van der Waals surface area contributed by atoms with E-state index in [4.69, 9.17) is 18.9 Å². The highest BCUT2D eigenvalue weighted by atomic mass is 16.6. The molecule has 2 heterocycles. The number of benzene rings is 1. The number of nitrogens with zero attached hydrogens (tertiary/aromatic N) is 1. The van der Waals surface area contributed by atoms with Crippen LogP contribution in [0.4, 0.5) is 4.79 Å². The van der Waals surface area contributed by atoms with Crippen molar-refractivity contribution in [3.63, 3.8) is 0 Å². The largest absolute Gasteiger partial charge is 0.493 e. The van der Waals surface area contributed by atoms with Gasteiger partial charge in [0.05, 0.1) is 26.7 Å². The van der Waals surface area contributed by atoms with E-state index in [-0.39, 0.29) is 12.0 Å². The molecule has 2 aliphatic heterocycles. The van der Waals surface area contributed by atoms with Gasteiger partial charge in [-0.1, -0.05) is 0 Å². The van der Waals surface area contributed by atoms with Crippen LogP contribution >= 0.6 is 0 Å². The Morgan fingerprint density at radius 1 is 1.16 bits per heavy atom. The van der Waals surface area contributed by atoms with E-state index in [0.717, 1.165) is 18.5 Å². The van der Waals surface area contributed by atoms with Gasteiger partial charge >= 0.3 is 12.1 Å². The summed E-state index contributed by atoms with van der Waals surface area (Å²) in [4.78, 5) is 27.5. The zero-order valence-corrected chi connectivity index (χ0v) is 19.3. The fourth-order valence-electron chi connectivity index (χ4n) is 4.47. The Bertz CT molecular complexity index is 819. The summed E-state index contributed by atoms with van der Waals surface area (Å²) in [5, 5.41) is 2.94. The van der Waals surface area contributed by atoms with Gasteiger partial charge in [-0.05, 0) is 63.8 Å². The van der Waals surface area contributed by atoms with Gasteiger partial charge in [-0.15, -0.1) is 0 Å². The van der Waals surface area contributed by atoms with Crippen molar-refractivity contribution in [1.82, 2.24) is 10.2 Å². The lowest BCUT2D eigenvalue weighted by Crippen LogP contribution is -2.56. The molecule has 31 heavy (non-hydrogen) atoms. The molecule has 1 fully saturated rings. The Hall–Kier alpha value is -2.48. The molecule has 1 aromatic rings. The molecule has 0 bridgehead atoms. The quantitative estimate of drug-likeness (QED) is 0.713. The highest BCUT2D eigenvalue weighted by molar-refractivity contribution is 5.76. The molecule has 0 spiro atoms. The maximum absolute atomic E-state index is 12.7.